The topological polar surface area (TPSA) is 112 Å². The molecule has 1 fully saturated rings. The van der Waals surface area contributed by atoms with E-state index in [0.717, 1.165) is 12.0 Å². The molecule has 2 atom stereocenters. The first kappa shape index (κ1) is 18.0. The van der Waals surface area contributed by atoms with Gasteiger partial charge in [-0.3, -0.25) is 9.48 Å². The average molecular weight is 392 g/mol. The number of rotatable bonds is 4. The lowest BCUT2D eigenvalue weighted by Crippen LogP contribution is -2.42. The van der Waals surface area contributed by atoms with E-state index < -0.39 is 22.2 Å². The quantitative estimate of drug-likeness (QED) is 0.801. The van der Waals surface area contributed by atoms with Crippen molar-refractivity contribution in [1.82, 2.24) is 14.5 Å². The van der Waals surface area contributed by atoms with Crippen LogP contribution in [-0.4, -0.2) is 43.4 Å². The van der Waals surface area contributed by atoms with Gasteiger partial charge in [-0.25, -0.2) is 13.1 Å². The van der Waals surface area contributed by atoms with Gasteiger partial charge in [-0.1, -0.05) is 0 Å². The molecule has 2 aliphatic rings. The van der Waals surface area contributed by atoms with Gasteiger partial charge >= 0.3 is 0 Å². The molecular formula is C17H20N4O5S. The maximum atomic E-state index is 12.9. The van der Waals surface area contributed by atoms with Crippen LogP contribution in [0.25, 0.3) is 0 Å². The Kier molecular flexibility index (Phi) is 4.62. The highest BCUT2D eigenvalue weighted by molar-refractivity contribution is 7.89. The molecular weight excluding hydrogens is 372 g/mol. The van der Waals surface area contributed by atoms with Gasteiger partial charge in [0.2, 0.25) is 10.0 Å². The second kappa shape index (κ2) is 6.95. The Labute approximate surface area is 156 Å². The summed E-state index contributed by atoms with van der Waals surface area (Å²) in [7, 11) is -2.01. The Balaban J connectivity index is 1.58. The Bertz CT molecular complexity index is 971. The number of nitrogens with zero attached hydrogens (tertiary/aromatic N) is 2. The van der Waals surface area contributed by atoms with Gasteiger partial charge < -0.3 is 14.8 Å². The smallest absolute Gasteiger partial charge is 0.262 e. The number of amides is 1. The van der Waals surface area contributed by atoms with E-state index in [2.05, 4.69) is 15.1 Å². The SMILES string of the molecule is Cn1cc([C@H]2OCCC[C@@H]2NS(=O)(=O)c2ccc3c(c2)NC(=O)CO3)cn1. The molecule has 2 aliphatic heterocycles. The van der Waals surface area contributed by atoms with Crippen molar-refractivity contribution in [2.45, 2.75) is 29.9 Å². The zero-order valence-corrected chi connectivity index (χ0v) is 15.5. The predicted octanol–water partition coefficient (Wildman–Crippen LogP) is 0.950. The predicted molar refractivity (Wildman–Crippen MR) is 95.8 cm³/mol. The second-order valence-corrected chi connectivity index (χ2v) is 8.32. The Hall–Kier alpha value is -2.43. The van der Waals surface area contributed by atoms with Crippen LogP contribution in [0.1, 0.15) is 24.5 Å². The van der Waals surface area contributed by atoms with Crippen LogP contribution in [0.4, 0.5) is 5.69 Å². The molecule has 1 saturated heterocycles. The van der Waals surface area contributed by atoms with Crippen LogP contribution in [0.2, 0.25) is 0 Å². The largest absolute Gasteiger partial charge is 0.482 e. The van der Waals surface area contributed by atoms with Crippen LogP contribution in [0.5, 0.6) is 5.75 Å². The normalized spacial score (nSPS) is 22.6. The van der Waals surface area contributed by atoms with E-state index in [1.807, 2.05) is 6.20 Å². The minimum Gasteiger partial charge on any atom is -0.482 e. The number of fused-ring (bicyclic) bond motifs is 1. The lowest BCUT2D eigenvalue weighted by atomic mass is 9.99. The number of anilines is 1. The lowest BCUT2D eigenvalue weighted by Gasteiger charge is -2.31. The van der Waals surface area contributed by atoms with E-state index in [9.17, 15) is 13.2 Å². The van der Waals surface area contributed by atoms with Crippen molar-refractivity contribution in [3.05, 3.63) is 36.2 Å². The Morgan fingerprint density at radius 2 is 2.22 bits per heavy atom. The van der Waals surface area contributed by atoms with E-state index in [1.54, 1.807) is 24.0 Å². The van der Waals surface area contributed by atoms with Crippen LogP contribution in [0.3, 0.4) is 0 Å². The van der Waals surface area contributed by atoms with Gasteiger partial charge in [0.15, 0.2) is 6.61 Å². The van der Waals surface area contributed by atoms with Crippen LogP contribution in [0.15, 0.2) is 35.5 Å². The fourth-order valence-corrected chi connectivity index (χ4v) is 4.61. The first-order valence-corrected chi connectivity index (χ1v) is 10.1. The number of carbonyl (C=O) groups is 1. The summed E-state index contributed by atoms with van der Waals surface area (Å²) in [6.45, 7) is 0.490. The van der Waals surface area contributed by atoms with Gasteiger partial charge in [-0.15, -0.1) is 0 Å². The third kappa shape index (κ3) is 3.68. The van der Waals surface area contributed by atoms with E-state index >= 15 is 0 Å². The molecule has 10 heteroatoms. The molecule has 0 unspecified atom stereocenters. The average Bonchev–Trinajstić information content (AvgIpc) is 3.07. The van der Waals surface area contributed by atoms with Gasteiger partial charge in [0.25, 0.3) is 5.91 Å². The maximum absolute atomic E-state index is 12.9. The monoisotopic (exact) mass is 392 g/mol. The fraction of sp³-hybridized carbons (Fsp3) is 0.412. The van der Waals surface area contributed by atoms with Crippen LogP contribution in [-0.2, 0) is 26.6 Å². The second-order valence-electron chi connectivity index (χ2n) is 6.60. The van der Waals surface area contributed by atoms with Crippen LogP contribution < -0.4 is 14.8 Å². The number of hydrogen-bond acceptors (Lipinski definition) is 6. The van der Waals surface area contributed by atoms with Gasteiger partial charge in [0, 0.05) is 25.4 Å². The molecule has 27 heavy (non-hydrogen) atoms. The summed E-state index contributed by atoms with van der Waals surface area (Å²) in [4.78, 5) is 11.5. The number of aromatic nitrogens is 2. The molecule has 0 spiro atoms. The number of ether oxygens (including phenoxy) is 2. The van der Waals surface area contributed by atoms with E-state index in [4.69, 9.17) is 9.47 Å². The molecule has 0 aliphatic carbocycles. The third-order valence-electron chi connectivity index (χ3n) is 4.58. The molecule has 4 rings (SSSR count). The number of sulfonamides is 1. The Morgan fingerprint density at radius 3 is 3.00 bits per heavy atom. The van der Waals surface area contributed by atoms with Crippen molar-refractivity contribution < 1.29 is 22.7 Å². The number of hydrogen-bond donors (Lipinski definition) is 2. The minimum atomic E-state index is -3.81. The first-order chi connectivity index (χ1) is 12.9. The van der Waals surface area contributed by atoms with Gasteiger partial charge in [-0.05, 0) is 31.0 Å². The minimum absolute atomic E-state index is 0.0579. The summed E-state index contributed by atoms with van der Waals surface area (Å²) in [6.07, 6.45) is 4.52. The summed E-state index contributed by atoms with van der Waals surface area (Å²) < 4.78 is 41.3. The van der Waals surface area contributed by atoms with Crippen LogP contribution in [0, 0.1) is 0 Å². The van der Waals surface area contributed by atoms with Crippen molar-refractivity contribution in [3.8, 4) is 5.75 Å². The molecule has 9 nitrogen and oxygen atoms in total. The summed E-state index contributed by atoms with van der Waals surface area (Å²) in [5.74, 6) is 0.130. The molecule has 1 aromatic carbocycles. The molecule has 2 aromatic rings. The van der Waals surface area contributed by atoms with Crippen molar-refractivity contribution in [2.75, 3.05) is 18.5 Å². The summed E-state index contributed by atoms with van der Waals surface area (Å²) in [5, 5.41) is 6.76. The maximum Gasteiger partial charge on any atom is 0.262 e. The van der Waals surface area contributed by atoms with E-state index in [1.165, 1.54) is 12.1 Å². The van der Waals surface area contributed by atoms with Crippen LogP contribution >= 0.6 is 0 Å². The van der Waals surface area contributed by atoms with Crippen molar-refractivity contribution >= 4 is 21.6 Å². The molecule has 2 N–H and O–H groups in total. The van der Waals surface area contributed by atoms with Gasteiger partial charge in [0.05, 0.1) is 22.8 Å². The summed E-state index contributed by atoms with van der Waals surface area (Å²) in [5.41, 5.74) is 1.17. The van der Waals surface area contributed by atoms with E-state index in [0.29, 0.717) is 24.5 Å². The summed E-state index contributed by atoms with van der Waals surface area (Å²) in [6, 6.07) is 3.99. The Morgan fingerprint density at radius 1 is 1.37 bits per heavy atom. The first-order valence-electron chi connectivity index (χ1n) is 8.61. The highest BCUT2D eigenvalue weighted by atomic mass is 32.2. The number of nitrogens with one attached hydrogen (secondary N) is 2. The molecule has 0 radical (unpaired) electrons. The fourth-order valence-electron chi connectivity index (χ4n) is 3.31. The molecule has 1 amide bonds. The van der Waals surface area contributed by atoms with Crippen molar-refractivity contribution in [3.63, 3.8) is 0 Å². The lowest BCUT2D eigenvalue weighted by molar-refractivity contribution is -0.118. The standard InChI is InChI=1S/C17H20N4O5S/c1-21-9-11(8-18-21)17-13(3-2-6-25-17)20-27(23,24)12-4-5-15-14(7-12)19-16(22)10-26-15/h4-5,7-9,13,17,20H,2-3,6,10H2,1H3,(H,19,22)/t13-,17+/m0/s1. The van der Waals surface area contributed by atoms with Crippen molar-refractivity contribution in [1.29, 1.82) is 0 Å². The number of benzene rings is 1. The number of aryl methyl sites for hydroxylation is 1. The molecule has 144 valence electrons. The third-order valence-corrected chi connectivity index (χ3v) is 6.06. The molecule has 3 heterocycles. The molecule has 0 saturated carbocycles. The highest BCUT2D eigenvalue weighted by Crippen LogP contribution is 2.32. The zero-order valence-electron chi connectivity index (χ0n) is 14.7. The van der Waals surface area contributed by atoms with Gasteiger partial charge in [0.1, 0.15) is 11.9 Å². The highest BCUT2D eigenvalue weighted by Gasteiger charge is 2.32. The van der Waals surface area contributed by atoms with Gasteiger partial charge in [-0.2, -0.15) is 5.10 Å². The molecule has 0 bridgehead atoms. The summed E-state index contributed by atoms with van der Waals surface area (Å²) >= 11 is 0. The van der Waals surface area contributed by atoms with E-state index in [-0.39, 0.29) is 17.4 Å². The molecule has 1 aromatic heterocycles. The zero-order chi connectivity index (χ0) is 19.0. The van der Waals surface area contributed by atoms with Crippen molar-refractivity contribution in [2.24, 2.45) is 7.05 Å². The number of carbonyl (C=O) groups excluding carboxylic acids is 1.